The van der Waals surface area contributed by atoms with Crippen molar-refractivity contribution in [3.63, 3.8) is 0 Å². The maximum absolute atomic E-state index is 11.8. The Kier molecular flexibility index (Phi) is 10.5. The Bertz CT molecular complexity index is 1150. The van der Waals surface area contributed by atoms with Crippen LogP contribution in [0.5, 0.6) is 11.5 Å². The highest BCUT2D eigenvalue weighted by atomic mass is 16.6. The zero-order chi connectivity index (χ0) is 26.6. The highest BCUT2D eigenvalue weighted by molar-refractivity contribution is 5.86. The van der Waals surface area contributed by atoms with Crippen molar-refractivity contribution in [2.45, 2.75) is 39.5 Å². The van der Waals surface area contributed by atoms with Gasteiger partial charge in [0.05, 0.1) is 6.61 Å². The standard InChI is InChI=1S/C32H36O5/c1-23(2)30(33)11-8-20-35-28-16-12-26(13-17-28)31(25-9-6-5-7-10-25)27-14-18-29(19-15-27)36-21-22-37-32(34)24(3)4/h5-7,9-10,12-19,23,31H,3,8,11,20-22H2,1-2,4H3. The number of Topliss-reactive ketones (excluding diaryl/α,β-unsaturated/α-hetero) is 1. The Labute approximate surface area is 220 Å². The number of carbonyl (C=O) groups excluding carboxylic acids is 2. The summed E-state index contributed by atoms with van der Waals surface area (Å²) in [6, 6.07) is 26.5. The lowest BCUT2D eigenvalue weighted by molar-refractivity contribution is -0.139. The summed E-state index contributed by atoms with van der Waals surface area (Å²) in [6.07, 6.45) is 1.27. The SMILES string of the molecule is C=C(C)C(=O)OCCOc1ccc(C(c2ccccc2)c2ccc(OCCCC(=O)C(C)C)cc2)cc1. The van der Waals surface area contributed by atoms with Crippen LogP contribution in [0.3, 0.4) is 0 Å². The van der Waals surface area contributed by atoms with Crippen molar-refractivity contribution < 1.29 is 23.8 Å². The zero-order valence-corrected chi connectivity index (χ0v) is 21.9. The summed E-state index contributed by atoms with van der Waals surface area (Å²) in [5.74, 6) is 1.48. The van der Waals surface area contributed by atoms with E-state index in [-0.39, 0.29) is 30.8 Å². The van der Waals surface area contributed by atoms with Gasteiger partial charge in [-0.25, -0.2) is 4.79 Å². The molecule has 0 N–H and O–H groups in total. The van der Waals surface area contributed by atoms with Crippen LogP contribution in [0.25, 0.3) is 0 Å². The third-order valence-corrected chi connectivity index (χ3v) is 5.97. The van der Waals surface area contributed by atoms with E-state index in [9.17, 15) is 9.59 Å². The molecule has 1 unspecified atom stereocenters. The summed E-state index contributed by atoms with van der Waals surface area (Å²) in [6.45, 7) is 10.00. The normalized spacial score (nSPS) is 11.6. The van der Waals surface area contributed by atoms with E-state index in [0.29, 0.717) is 24.4 Å². The van der Waals surface area contributed by atoms with Gasteiger partial charge in [0.25, 0.3) is 0 Å². The topological polar surface area (TPSA) is 61.8 Å². The summed E-state index contributed by atoms with van der Waals surface area (Å²) in [5.41, 5.74) is 3.83. The van der Waals surface area contributed by atoms with Crippen LogP contribution in [0.4, 0.5) is 0 Å². The van der Waals surface area contributed by atoms with Crippen LogP contribution in [0.15, 0.2) is 91.0 Å². The smallest absolute Gasteiger partial charge is 0.333 e. The molecule has 0 fully saturated rings. The lowest BCUT2D eigenvalue weighted by atomic mass is 9.85. The first kappa shape index (κ1) is 27.7. The number of esters is 1. The second-order valence-corrected chi connectivity index (χ2v) is 9.32. The Morgan fingerprint density at radius 2 is 1.24 bits per heavy atom. The molecule has 194 valence electrons. The van der Waals surface area contributed by atoms with Gasteiger partial charge in [-0.1, -0.05) is 75.0 Å². The van der Waals surface area contributed by atoms with Crippen molar-refractivity contribution in [2.24, 2.45) is 5.92 Å². The largest absolute Gasteiger partial charge is 0.494 e. The molecule has 0 bridgehead atoms. The average Bonchev–Trinajstić information content (AvgIpc) is 2.91. The third-order valence-electron chi connectivity index (χ3n) is 5.97. The quantitative estimate of drug-likeness (QED) is 0.106. The number of rotatable bonds is 14. The number of hydrogen-bond donors (Lipinski definition) is 0. The summed E-state index contributed by atoms with van der Waals surface area (Å²) in [5, 5.41) is 0. The van der Waals surface area contributed by atoms with Crippen LogP contribution in [0.1, 0.15) is 56.2 Å². The van der Waals surface area contributed by atoms with Gasteiger partial charge < -0.3 is 14.2 Å². The molecule has 5 heteroatoms. The van der Waals surface area contributed by atoms with Crippen LogP contribution in [0, 0.1) is 5.92 Å². The highest BCUT2D eigenvalue weighted by Gasteiger charge is 2.17. The van der Waals surface area contributed by atoms with E-state index in [2.05, 4.69) is 43.0 Å². The molecule has 0 heterocycles. The van der Waals surface area contributed by atoms with E-state index >= 15 is 0 Å². The molecule has 0 aliphatic heterocycles. The second-order valence-electron chi connectivity index (χ2n) is 9.32. The van der Waals surface area contributed by atoms with Crippen LogP contribution in [-0.2, 0) is 14.3 Å². The van der Waals surface area contributed by atoms with E-state index in [1.807, 2.05) is 56.3 Å². The molecular formula is C32H36O5. The predicted molar refractivity (Wildman–Crippen MR) is 146 cm³/mol. The molecule has 37 heavy (non-hydrogen) atoms. The van der Waals surface area contributed by atoms with Crippen molar-refractivity contribution in [3.05, 3.63) is 108 Å². The summed E-state index contributed by atoms with van der Waals surface area (Å²) in [4.78, 5) is 23.3. The summed E-state index contributed by atoms with van der Waals surface area (Å²) >= 11 is 0. The minimum absolute atomic E-state index is 0.0458. The molecule has 0 aliphatic carbocycles. The molecule has 1 atom stereocenters. The predicted octanol–water partition coefficient (Wildman–Crippen LogP) is 6.75. The van der Waals surface area contributed by atoms with Crippen molar-refractivity contribution >= 4 is 11.8 Å². The molecule has 0 saturated carbocycles. The Morgan fingerprint density at radius 3 is 1.76 bits per heavy atom. The van der Waals surface area contributed by atoms with Crippen LogP contribution in [0.2, 0.25) is 0 Å². The molecule has 0 aliphatic rings. The lowest BCUT2D eigenvalue weighted by Gasteiger charge is -2.20. The molecular weight excluding hydrogens is 464 g/mol. The van der Waals surface area contributed by atoms with Gasteiger partial charge >= 0.3 is 5.97 Å². The number of ether oxygens (including phenoxy) is 3. The Balaban J connectivity index is 1.65. The van der Waals surface area contributed by atoms with E-state index in [0.717, 1.165) is 23.3 Å². The fraction of sp³-hybridized carbons (Fsp3) is 0.312. The van der Waals surface area contributed by atoms with Gasteiger partial charge in [0.15, 0.2) is 0 Å². The van der Waals surface area contributed by atoms with Gasteiger partial charge in [0.2, 0.25) is 0 Å². The third kappa shape index (κ3) is 8.64. The molecule has 3 aromatic rings. The fourth-order valence-electron chi connectivity index (χ4n) is 3.88. The van der Waals surface area contributed by atoms with Gasteiger partial charge in [-0.2, -0.15) is 0 Å². The minimum Gasteiger partial charge on any atom is -0.494 e. The maximum Gasteiger partial charge on any atom is 0.333 e. The van der Waals surface area contributed by atoms with Crippen LogP contribution >= 0.6 is 0 Å². The average molecular weight is 501 g/mol. The molecule has 3 rings (SSSR count). The van der Waals surface area contributed by atoms with Crippen molar-refractivity contribution in [1.29, 1.82) is 0 Å². The minimum atomic E-state index is -0.415. The summed E-state index contributed by atoms with van der Waals surface area (Å²) < 4.78 is 16.7. The van der Waals surface area contributed by atoms with Gasteiger partial charge in [0, 0.05) is 23.8 Å². The second kappa shape index (κ2) is 14.0. The first-order valence-electron chi connectivity index (χ1n) is 12.7. The van der Waals surface area contributed by atoms with Crippen molar-refractivity contribution in [1.82, 2.24) is 0 Å². The maximum atomic E-state index is 11.8. The molecule has 3 aromatic carbocycles. The molecule has 0 spiro atoms. The first-order valence-corrected chi connectivity index (χ1v) is 12.7. The molecule has 0 saturated heterocycles. The van der Waals surface area contributed by atoms with Crippen LogP contribution < -0.4 is 9.47 Å². The Hall–Kier alpha value is -3.86. The van der Waals surface area contributed by atoms with Crippen LogP contribution in [-0.4, -0.2) is 31.6 Å². The molecule has 0 amide bonds. The molecule has 5 nitrogen and oxygen atoms in total. The number of hydrogen-bond acceptors (Lipinski definition) is 5. The van der Waals surface area contributed by atoms with Gasteiger partial charge in [-0.05, 0) is 54.3 Å². The number of carbonyl (C=O) groups is 2. The van der Waals surface area contributed by atoms with Gasteiger partial charge in [-0.3, -0.25) is 4.79 Å². The Morgan fingerprint density at radius 1 is 0.730 bits per heavy atom. The monoisotopic (exact) mass is 500 g/mol. The zero-order valence-electron chi connectivity index (χ0n) is 21.9. The van der Waals surface area contributed by atoms with E-state index in [1.165, 1.54) is 5.56 Å². The summed E-state index contributed by atoms with van der Waals surface area (Å²) in [7, 11) is 0. The van der Waals surface area contributed by atoms with Gasteiger partial charge in [-0.15, -0.1) is 0 Å². The van der Waals surface area contributed by atoms with E-state index in [4.69, 9.17) is 14.2 Å². The number of benzene rings is 3. The fourth-order valence-corrected chi connectivity index (χ4v) is 3.88. The number of ketones is 1. The van der Waals surface area contributed by atoms with Crippen molar-refractivity contribution in [3.8, 4) is 11.5 Å². The van der Waals surface area contributed by atoms with Crippen molar-refractivity contribution in [2.75, 3.05) is 19.8 Å². The van der Waals surface area contributed by atoms with Gasteiger partial charge in [0.1, 0.15) is 30.5 Å². The van der Waals surface area contributed by atoms with E-state index in [1.54, 1.807) is 6.92 Å². The lowest BCUT2D eigenvalue weighted by Crippen LogP contribution is -2.12. The van der Waals surface area contributed by atoms with E-state index < -0.39 is 5.97 Å². The molecule has 0 aromatic heterocycles. The first-order chi connectivity index (χ1) is 17.8. The highest BCUT2D eigenvalue weighted by Crippen LogP contribution is 2.33. The molecule has 0 radical (unpaired) electrons.